The second kappa shape index (κ2) is 7.00. The standard InChI is InChI=1S/C6H9F2NO2.ClH/c7-5(8)4(6(10)11)2-1-3-9;/h1-2,4-5H,3,9H2,(H,10,11);1H/b2-1+;. The molecule has 0 aromatic carbocycles. The second-order valence-electron chi connectivity index (χ2n) is 1.86. The molecular formula is C6H10ClF2NO2. The molecule has 0 aliphatic carbocycles. The lowest BCUT2D eigenvalue weighted by molar-refractivity contribution is -0.144. The number of hydrogen-bond acceptors (Lipinski definition) is 2. The summed E-state index contributed by atoms with van der Waals surface area (Å²) >= 11 is 0. The number of carboxylic acid groups (broad SMARTS) is 1. The maximum atomic E-state index is 11.8. The van der Waals surface area contributed by atoms with Crippen LogP contribution in [0.4, 0.5) is 8.78 Å². The van der Waals surface area contributed by atoms with Crippen LogP contribution in [0.5, 0.6) is 0 Å². The molecule has 0 rings (SSSR count). The minimum Gasteiger partial charge on any atom is -0.481 e. The molecule has 3 nitrogen and oxygen atoms in total. The van der Waals surface area contributed by atoms with Gasteiger partial charge in [-0.3, -0.25) is 4.79 Å². The summed E-state index contributed by atoms with van der Waals surface area (Å²) in [7, 11) is 0. The predicted octanol–water partition coefficient (Wildman–Crippen LogP) is 0.889. The van der Waals surface area contributed by atoms with Crippen LogP contribution in [0.3, 0.4) is 0 Å². The third-order valence-corrected chi connectivity index (χ3v) is 1.04. The molecule has 72 valence electrons. The lowest BCUT2D eigenvalue weighted by atomic mass is 10.1. The third-order valence-electron chi connectivity index (χ3n) is 1.04. The zero-order valence-electron chi connectivity index (χ0n) is 6.11. The molecule has 0 saturated carbocycles. The molecule has 0 radical (unpaired) electrons. The van der Waals surface area contributed by atoms with E-state index in [2.05, 4.69) is 0 Å². The molecule has 0 saturated heterocycles. The van der Waals surface area contributed by atoms with Crippen LogP contribution in [-0.4, -0.2) is 24.0 Å². The first kappa shape index (κ1) is 13.9. The Morgan fingerprint density at radius 1 is 1.58 bits per heavy atom. The molecule has 0 spiro atoms. The number of carboxylic acids is 1. The summed E-state index contributed by atoms with van der Waals surface area (Å²) in [4.78, 5) is 10.1. The van der Waals surface area contributed by atoms with Crippen molar-refractivity contribution in [2.45, 2.75) is 6.43 Å². The van der Waals surface area contributed by atoms with Gasteiger partial charge in [0.05, 0.1) is 0 Å². The average molecular weight is 202 g/mol. The van der Waals surface area contributed by atoms with Gasteiger partial charge in [-0.25, -0.2) is 8.78 Å². The zero-order chi connectivity index (χ0) is 8.85. The molecule has 1 unspecified atom stereocenters. The Hall–Kier alpha value is -0.680. The van der Waals surface area contributed by atoms with E-state index >= 15 is 0 Å². The first-order valence-electron chi connectivity index (χ1n) is 2.97. The molecule has 0 fully saturated rings. The van der Waals surface area contributed by atoms with Crippen LogP contribution in [0, 0.1) is 5.92 Å². The topological polar surface area (TPSA) is 63.3 Å². The van der Waals surface area contributed by atoms with E-state index in [1.807, 2.05) is 0 Å². The van der Waals surface area contributed by atoms with Crippen LogP contribution in [0.2, 0.25) is 0 Å². The molecule has 0 aromatic heterocycles. The minimum absolute atomic E-state index is 0. The number of halogens is 3. The Balaban J connectivity index is 0. The first-order chi connectivity index (χ1) is 5.09. The van der Waals surface area contributed by atoms with Crippen LogP contribution in [-0.2, 0) is 4.79 Å². The van der Waals surface area contributed by atoms with Crippen molar-refractivity contribution in [3.05, 3.63) is 12.2 Å². The smallest absolute Gasteiger partial charge is 0.316 e. The summed E-state index contributed by atoms with van der Waals surface area (Å²) < 4.78 is 23.6. The van der Waals surface area contributed by atoms with Gasteiger partial charge in [0.2, 0.25) is 0 Å². The lowest BCUT2D eigenvalue weighted by Crippen LogP contribution is -2.19. The molecule has 6 heteroatoms. The fourth-order valence-corrected chi connectivity index (χ4v) is 0.499. The molecule has 3 N–H and O–H groups in total. The first-order valence-corrected chi connectivity index (χ1v) is 2.97. The number of rotatable bonds is 4. The van der Waals surface area contributed by atoms with Crippen LogP contribution in [0.25, 0.3) is 0 Å². The normalized spacial score (nSPS) is 13.0. The molecule has 12 heavy (non-hydrogen) atoms. The highest BCUT2D eigenvalue weighted by molar-refractivity contribution is 5.85. The number of aliphatic carboxylic acids is 1. The number of nitrogens with two attached hydrogens (primary N) is 1. The molecule has 1 atom stereocenters. The maximum absolute atomic E-state index is 11.8. The van der Waals surface area contributed by atoms with Crippen LogP contribution in [0.15, 0.2) is 12.2 Å². The van der Waals surface area contributed by atoms with E-state index in [9.17, 15) is 13.6 Å². The summed E-state index contributed by atoms with van der Waals surface area (Å²) in [6, 6.07) is 0. The van der Waals surface area contributed by atoms with Crippen molar-refractivity contribution in [1.29, 1.82) is 0 Å². The highest BCUT2D eigenvalue weighted by atomic mass is 35.5. The van der Waals surface area contributed by atoms with Gasteiger partial charge in [0.15, 0.2) is 0 Å². The van der Waals surface area contributed by atoms with Gasteiger partial charge >= 0.3 is 5.97 Å². The number of carbonyl (C=O) groups is 1. The molecule has 0 aliphatic heterocycles. The van der Waals surface area contributed by atoms with Gasteiger partial charge in [-0.05, 0) is 0 Å². The van der Waals surface area contributed by atoms with Gasteiger partial charge < -0.3 is 10.8 Å². The predicted molar refractivity (Wildman–Crippen MR) is 42.6 cm³/mol. The molecule has 0 aliphatic rings. The number of hydrogen-bond donors (Lipinski definition) is 2. The van der Waals surface area contributed by atoms with Gasteiger partial charge in [-0.2, -0.15) is 0 Å². The Kier molecular flexibility index (Phi) is 8.09. The Labute approximate surface area is 74.7 Å². The van der Waals surface area contributed by atoms with Crippen molar-refractivity contribution in [2.24, 2.45) is 11.7 Å². The Morgan fingerprint density at radius 2 is 2.08 bits per heavy atom. The van der Waals surface area contributed by atoms with Gasteiger partial charge in [0.1, 0.15) is 5.92 Å². The third kappa shape index (κ3) is 5.03. The van der Waals surface area contributed by atoms with Crippen molar-refractivity contribution in [3.63, 3.8) is 0 Å². The minimum atomic E-state index is -2.88. The van der Waals surface area contributed by atoms with E-state index in [-0.39, 0.29) is 19.0 Å². The maximum Gasteiger partial charge on any atom is 0.316 e. The monoisotopic (exact) mass is 201 g/mol. The van der Waals surface area contributed by atoms with E-state index < -0.39 is 18.3 Å². The van der Waals surface area contributed by atoms with E-state index in [1.165, 1.54) is 6.08 Å². The van der Waals surface area contributed by atoms with Gasteiger partial charge in [0, 0.05) is 6.54 Å². The summed E-state index contributed by atoms with van der Waals surface area (Å²) in [5, 5.41) is 8.20. The molecular weight excluding hydrogens is 192 g/mol. The summed E-state index contributed by atoms with van der Waals surface area (Å²) in [5.74, 6) is -3.27. The van der Waals surface area contributed by atoms with Crippen molar-refractivity contribution < 1.29 is 18.7 Å². The molecule has 0 aromatic rings. The van der Waals surface area contributed by atoms with Crippen molar-refractivity contribution >= 4 is 18.4 Å². The Bertz CT molecular complexity index is 164. The zero-order valence-corrected chi connectivity index (χ0v) is 6.93. The van der Waals surface area contributed by atoms with Crippen molar-refractivity contribution in [1.82, 2.24) is 0 Å². The molecule has 0 heterocycles. The largest absolute Gasteiger partial charge is 0.481 e. The van der Waals surface area contributed by atoms with E-state index in [4.69, 9.17) is 10.8 Å². The van der Waals surface area contributed by atoms with Gasteiger partial charge in [-0.15, -0.1) is 12.4 Å². The van der Waals surface area contributed by atoms with Crippen molar-refractivity contribution in [3.8, 4) is 0 Å². The molecule has 0 bridgehead atoms. The van der Waals surface area contributed by atoms with Gasteiger partial charge in [0.25, 0.3) is 6.43 Å². The van der Waals surface area contributed by atoms with E-state index in [0.717, 1.165) is 6.08 Å². The highest BCUT2D eigenvalue weighted by Gasteiger charge is 2.24. The van der Waals surface area contributed by atoms with Crippen molar-refractivity contribution in [2.75, 3.05) is 6.54 Å². The van der Waals surface area contributed by atoms with E-state index in [0.29, 0.717) is 0 Å². The number of alkyl halides is 2. The second-order valence-corrected chi connectivity index (χ2v) is 1.86. The Morgan fingerprint density at radius 3 is 2.33 bits per heavy atom. The van der Waals surface area contributed by atoms with Gasteiger partial charge in [-0.1, -0.05) is 12.2 Å². The summed E-state index contributed by atoms with van der Waals surface area (Å²) in [6.45, 7) is 0.0660. The quantitative estimate of drug-likeness (QED) is 0.664. The fourth-order valence-electron chi connectivity index (χ4n) is 0.499. The van der Waals surface area contributed by atoms with Crippen LogP contribution in [0.1, 0.15) is 0 Å². The highest BCUT2D eigenvalue weighted by Crippen LogP contribution is 2.10. The average Bonchev–Trinajstić information content (AvgIpc) is 1.87. The van der Waals surface area contributed by atoms with E-state index in [1.54, 1.807) is 0 Å². The fraction of sp³-hybridized carbons (Fsp3) is 0.500. The molecule has 0 amide bonds. The van der Waals surface area contributed by atoms with Crippen LogP contribution < -0.4 is 5.73 Å². The SMILES string of the molecule is Cl.NC/C=C/C(C(=O)O)C(F)F. The lowest BCUT2D eigenvalue weighted by Gasteiger charge is -2.03. The van der Waals surface area contributed by atoms with Crippen LogP contribution >= 0.6 is 12.4 Å². The summed E-state index contributed by atoms with van der Waals surface area (Å²) in [5.41, 5.74) is 4.95. The summed E-state index contributed by atoms with van der Waals surface area (Å²) in [6.07, 6.45) is -0.784.